The van der Waals surface area contributed by atoms with Gasteiger partial charge in [0.25, 0.3) is 5.91 Å². The van der Waals surface area contributed by atoms with Crippen LogP contribution in [-0.2, 0) is 9.53 Å². The molecular formula is C13H16INO4. The van der Waals surface area contributed by atoms with Gasteiger partial charge in [-0.15, -0.1) is 0 Å². The molecule has 0 radical (unpaired) electrons. The number of methoxy groups -OCH3 is 1. The number of ether oxygens (including phenoxy) is 1. The molecule has 0 aliphatic rings. The maximum atomic E-state index is 12.2. The van der Waals surface area contributed by atoms with Crippen LogP contribution in [0.3, 0.4) is 0 Å². The Balaban J connectivity index is 2.77. The molecule has 1 aromatic rings. The highest BCUT2D eigenvalue weighted by atomic mass is 127. The molecule has 0 saturated heterocycles. The molecule has 0 saturated carbocycles. The summed E-state index contributed by atoms with van der Waals surface area (Å²) in [6.07, 6.45) is 0.159. The minimum atomic E-state index is -0.350. The van der Waals surface area contributed by atoms with Crippen molar-refractivity contribution in [2.24, 2.45) is 0 Å². The zero-order valence-electron chi connectivity index (χ0n) is 10.9. The molecule has 1 amide bonds. The summed E-state index contributed by atoms with van der Waals surface area (Å²) in [4.78, 5) is 24.8. The highest BCUT2D eigenvalue weighted by Gasteiger charge is 2.16. The Labute approximate surface area is 125 Å². The van der Waals surface area contributed by atoms with Crippen molar-refractivity contribution in [2.75, 3.05) is 20.2 Å². The summed E-state index contributed by atoms with van der Waals surface area (Å²) in [6.45, 7) is 2.62. The summed E-state index contributed by atoms with van der Waals surface area (Å²) in [7, 11) is 1.32. The van der Waals surface area contributed by atoms with Gasteiger partial charge in [0, 0.05) is 18.7 Å². The summed E-state index contributed by atoms with van der Waals surface area (Å²) < 4.78 is 5.23. The number of carbonyl (C=O) groups is 2. The standard InChI is InChI=1S/C13H16INO4/c1-3-15(7-6-12(17)19-2)13(18)9-4-5-10(14)11(16)8-9/h4-5,8,16H,3,6-7H2,1-2H3. The van der Waals surface area contributed by atoms with Crippen molar-refractivity contribution in [3.63, 3.8) is 0 Å². The third-order valence-electron chi connectivity index (χ3n) is 2.68. The Bertz CT molecular complexity index is 476. The SMILES string of the molecule is CCN(CCC(=O)OC)C(=O)c1ccc(I)c(O)c1. The van der Waals surface area contributed by atoms with Crippen LogP contribution in [-0.4, -0.2) is 42.1 Å². The second-order valence-corrected chi connectivity index (χ2v) is 5.04. The summed E-state index contributed by atoms with van der Waals surface area (Å²) >= 11 is 1.99. The first kappa shape index (κ1) is 15.7. The number of carbonyl (C=O) groups excluding carboxylic acids is 2. The van der Waals surface area contributed by atoms with E-state index < -0.39 is 0 Å². The topological polar surface area (TPSA) is 66.8 Å². The molecule has 5 nitrogen and oxygen atoms in total. The molecule has 1 rings (SSSR count). The number of phenols is 1. The molecule has 0 aliphatic carbocycles. The van der Waals surface area contributed by atoms with Gasteiger partial charge in [-0.3, -0.25) is 9.59 Å². The highest BCUT2D eigenvalue weighted by Crippen LogP contribution is 2.21. The second-order valence-electron chi connectivity index (χ2n) is 3.88. The van der Waals surface area contributed by atoms with E-state index in [2.05, 4.69) is 4.74 Å². The monoisotopic (exact) mass is 377 g/mol. The number of halogens is 1. The van der Waals surface area contributed by atoms with Crippen LogP contribution in [0.15, 0.2) is 18.2 Å². The number of nitrogens with zero attached hydrogens (tertiary/aromatic N) is 1. The zero-order chi connectivity index (χ0) is 14.4. The van der Waals surface area contributed by atoms with Crippen molar-refractivity contribution in [2.45, 2.75) is 13.3 Å². The first-order valence-corrected chi connectivity index (χ1v) is 6.92. The van der Waals surface area contributed by atoms with E-state index in [1.54, 1.807) is 17.0 Å². The van der Waals surface area contributed by atoms with Crippen LogP contribution in [0, 0.1) is 3.57 Å². The predicted octanol–water partition coefficient (Wildman–Crippen LogP) is 2.02. The molecule has 1 N–H and O–H groups in total. The maximum Gasteiger partial charge on any atom is 0.307 e. The van der Waals surface area contributed by atoms with Gasteiger partial charge >= 0.3 is 5.97 Å². The first-order valence-electron chi connectivity index (χ1n) is 5.84. The molecule has 0 unspecified atom stereocenters. The number of esters is 1. The molecule has 0 bridgehead atoms. The molecule has 0 atom stereocenters. The van der Waals surface area contributed by atoms with Crippen LogP contribution in [0.2, 0.25) is 0 Å². The number of hydrogen-bond donors (Lipinski definition) is 1. The van der Waals surface area contributed by atoms with Crippen molar-refractivity contribution < 1.29 is 19.4 Å². The van der Waals surface area contributed by atoms with Crippen LogP contribution >= 0.6 is 22.6 Å². The lowest BCUT2D eigenvalue weighted by Gasteiger charge is -2.20. The Kier molecular flexibility index (Phi) is 6.07. The molecule has 104 valence electrons. The average molecular weight is 377 g/mol. The summed E-state index contributed by atoms with van der Waals surface area (Å²) in [5.74, 6) is -0.481. The van der Waals surface area contributed by atoms with Crippen molar-refractivity contribution in [3.8, 4) is 5.75 Å². The highest BCUT2D eigenvalue weighted by molar-refractivity contribution is 14.1. The molecule has 0 heterocycles. The van der Waals surface area contributed by atoms with Gasteiger partial charge < -0.3 is 14.7 Å². The lowest BCUT2D eigenvalue weighted by atomic mass is 10.2. The fourth-order valence-electron chi connectivity index (χ4n) is 1.56. The van der Waals surface area contributed by atoms with Crippen LogP contribution in [0.25, 0.3) is 0 Å². The molecular weight excluding hydrogens is 361 g/mol. The van der Waals surface area contributed by atoms with Gasteiger partial charge in [-0.2, -0.15) is 0 Å². The number of rotatable bonds is 5. The normalized spacial score (nSPS) is 10.1. The van der Waals surface area contributed by atoms with Crippen molar-refractivity contribution in [3.05, 3.63) is 27.3 Å². The zero-order valence-corrected chi connectivity index (χ0v) is 13.0. The minimum Gasteiger partial charge on any atom is -0.507 e. The molecule has 0 aromatic heterocycles. The van der Waals surface area contributed by atoms with E-state index in [1.165, 1.54) is 13.2 Å². The van der Waals surface area contributed by atoms with Gasteiger partial charge in [-0.05, 0) is 47.7 Å². The molecule has 0 fully saturated rings. The number of aromatic hydroxyl groups is 1. The third-order valence-corrected chi connectivity index (χ3v) is 3.59. The fraction of sp³-hybridized carbons (Fsp3) is 0.385. The lowest BCUT2D eigenvalue weighted by molar-refractivity contribution is -0.140. The van der Waals surface area contributed by atoms with Gasteiger partial charge in [-0.25, -0.2) is 0 Å². The predicted molar refractivity (Wildman–Crippen MR) is 79.0 cm³/mol. The van der Waals surface area contributed by atoms with Gasteiger partial charge in [0.1, 0.15) is 5.75 Å². The average Bonchev–Trinajstić information content (AvgIpc) is 2.41. The number of benzene rings is 1. The Morgan fingerprint density at radius 2 is 2.11 bits per heavy atom. The van der Waals surface area contributed by atoms with Gasteiger partial charge in [0.05, 0.1) is 17.1 Å². The van der Waals surface area contributed by atoms with E-state index >= 15 is 0 Å². The molecule has 0 aliphatic heterocycles. The minimum absolute atomic E-state index is 0.0791. The van der Waals surface area contributed by atoms with Crippen LogP contribution in [0.5, 0.6) is 5.75 Å². The lowest BCUT2D eigenvalue weighted by Crippen LogP contribution is -2.33. The van der Waals surface area contributed by atoms with E-state index in [-0.39, 0.29) is 24.0 Å². The van der Waals surface area contributed by atoms with Crippen molar-refractivity contribution in [1.82, 2.24) is 4.90 Å². The van der Waals surface area contributed by atoms with E-state index in [9.17, 15) is 14.7 Å². The summed E-state index contributed by atoms with van der Waals surface area (Å²) in [5, 5.41) is 9.61. The Morgan fingerprint density at radius 3 is 2.63 bits per heavy atom. The number of phenolic OH excluding ortho intramolecular Hbond substituents is 1. The molecule has 1 aromatic carbocycles. The van der Waals surface area contributed by atoms with Gasteiger partial charge in [0.2, 0.25) is 0 Å². The van der Waals surface area contributed by atoms with Gasteiger partial charge in [0.15, 0.2) is 0 Å². The summed E-state index contributed by atoms with van der Waals surface area (Å²) in [5.41, 5.74) is 0.407. The van der Waals surface area contributed by atoms with Crippen molar-refractivity contribution >= 4 is 34.5 Å². The smallest absolute Gasteiger partial charge is 0.307 e. The maximum absolute atomic E-state index is 12.2. The van der Waals surface area contributed by atoms with E-state index in [1.807, 2.05) is 29.5 Å². The van der Waals surface area contributed by atoms with E-state index in [0.717, 1.165) is 0 Å². The molecule has 0 spiro atoms. The third kappa shape index (κ3) is 4.38. The largest absolute Gasteiger partial charge is 0.507 e. The Hall–Kier alpha value is -1.31. The molecule has 19 heavy (non-hydrogen) atoms. The van der Waals surface area contributed by atoms with Crippen LogP contribution in [0.1, 0.15) is 23.7 Å². The van der Waals surface area contributed by atoms with E-state index in [0.29, 0.717) is 22.2 Å². The van der Waals surface area contributed by atoms with Gasteiger partial charge in [-0.1, -0.05) is 0 Å². The quantitative estimate of drug-likeness (QED) is 0.630. The number of amides is 1. The van der Waals surface area contributed by atoms with E-state index in [4.69, 9.17) is 0 Å². The fourth-order valence-corrected chi connectivity index (χ4v) is 1.90. The molecule has 6 heteroatoms. The first-order chi connectivity index (χ1) is 8.99. The summed E-state index contributed by atoms with van der Waals surface area (Å²) in [6, 6.07) is 4.77. The van der Waals surface area contributed by atoms with Crippen LogP contribution < -0.4 is 0 Å². The van der Waals surface area contributed by atoms with Crippen molar-refractivity contribution in [1.29, 1.82) is 0 Å². The Morgan fingerprint density at radius 1 is 1.42 bits per heavy atom. The second kappa shape index (κ2) is 7.32. The number of hydrogen-bond acceptors (Lipinski definition) is 4. The van der Waals surface area contributed by atoms with Crippen LogP contribution in [0.4, 0.5) is 0 Å².